The van der Waals surface area contributed by atoms with Gasteiger partial charge in [0.15, 0.2) is 18.5 Å². The molecule has 0 rings (SSSR count). The molecule has 0 atom stereocenters. The summed E-state index contributed by atoms with van der Waals surface area (Å²) in [7, 11) is 0. The highest BCUT2D eigenvalue weighted by molar-refractivity contribution is 8.04. The minimum atomic E-state index is -0.0370. The molecule has 0 saturated heterocycles. The van der Waals surface area contributed by atoms with Crippen LogP contribution in [0.2, 0.25) is 0 Å². The van der Waals surface area contributed by atoms with Gasteiger partial charge in [-0.25, -0.2) is 0 Å². The van der Waals surface area contributed by atoms with E-state index in [1.54, 1.807) is 0 Å². The van der Waals surface area contributed by atoms with Gasteiger partial charge < -0.3 is 0 Å². The van der Waals surface area contributed by atoms with Crippen molar-refractivity contribution in [3.63, 3.8) is 0 Å². The average Bonchev–Trinajstić information content (AvgIpc) is 0.811. The van der Waals surface area contributed by atoms with Crippen LogP contribution in [0.25, 0.3) is 0 Å². The standard InChI is InChI=1S/C2H6PS/c1-3(2)4/h1-2H3/q+1. The molecule has 24 valence electrons. The lowest BCUT2D eigenvalue weighted by Gasteiger charge is -1.44. The molecule has 0 spiro atoms. The lowest BCUT2D eigenvalue weighted by atomic mass is 11.9. The Bertz CT molecular complexity index is 29.0. The predicted molar refractivity (Wildman–Crippen MR) is 26.1 cm³/mol. The highest BCUT2D eigenvalue weighted by atomic mass is 32.4. The fraction of sp³-hybridized carbons (Fsp3) is 1.00. The lowest BCUT2D eigenvalue weighted by molar-refractivity contribution is 2.31. The van der Waals surface area contributed by atoms with Crippen LogP contribution >= 0.6 is 6.70 Å². The van der Waals surface area contributed by atoms with Crippen molar-refractivity contribution in [2.45, 2.75) is 0 Å². The number of hydrogen-bond donors (Lipinski definition) is 0. The van der Waals surface area contributed by atoms with Gasteiger partial charge >= 0.3 is 0 Å². The zero-order valence-corrected chi connectivity index (χ0v) is 4.57. The molecule has 4 heavy (non-hydrogen) atoms. The highest BCUT2D eigenvalue weighted by Crippen LogP contribution is 2.01. The van der Waals surface area contributed by atoms with Gasteiger partial charge in [-0.2, -0.15) is 0 Å². The van der Waals surface area contributed by atoms with Gasteiger partial charge in [-0.15, -0.1) is 0 Å². The molecule has 0 aromatic heterocycles. The average molecular weight is 93.1 g/mol. The van der Waals surface area contributed by atoms with Gasteiger partial charge in [-0.3, -0.25) is 0 Å². The van der Waals surface area contributed by atoms with Crippen LogP contribution < -0.4 is 0 Å². The van der Waals surface area contributed by atoms with Crippen molar-refractivity contribution in [2.24, 2.45) is 0 Å². The fourth-order valence-electron chi connectivity index (χ4n) is 0. The van der Waals surface area contributed by atoms with Crippen LogP contribution in [0.5, 0.6) is 0 Å². The van der Waals surface area contributed by atoms with Crippen LogP contribution in [-0.4, -0.2) is 13.3 Å². The van der Waals surface area contributed by atoms with Crippen molar-refractivity contribution in [3.8, 4) is 0 Å². The summed E-state index contributed by atoms with van der Waals surface area (Å²) in [4.78, 5) is 0. The Morgan fingerprint density at radius 3 is 1.50 bits per heavy atom. The van der Waals surface area contributed by atoms with E-state index in [9.17, 15) is 0 Å². The minimum Gasteiger partial charge on any atom is 0.108 e. The quantitative estimate of drug-likeness (QED) is 0.405. The first-order valence-corrected chi connectivity index (χ1v) is 4.33. The molecule has 0 N–H and O–H groups in total. The van der Waals surface area contributed by atoms with Gasteiger partial charge in [-0.1, -0.05) is 0 Å². The first-order chi connectivity index (χ1) is 1.73. The second-order valence-corrected chi connectivity index (χ2v) is 4.63. The van der Waals surface area contributed by atoms with Gasteiger partial charge in [0.25, 0.3) is 0 Å². The number of hydrogen-bond acceptors (Lipinski definition) is 1. The van der Waals surface area contributed by atoms with E-state index >= 15 is 0 Å². The molecule has 0 unspecified atom stereocenters. The topological polar surface area (TPSA) is 0 Å². The van der Waals surface area contributed by atoms with Crippen molar-refractivity contribution in [1.29, 1.82) is 0 Å². The Hall–Kier alpha value is 0.520. The van der Waals surface area contributed by atoms with Crippen LogP contribution in [0.4, 0.5) is 0 Å². The van der Waals surface area contributed by atoms with Crippen molar-refractivity contribution in [2.75, 3.05) is 13.3 Å². The summed E-state index contributed by atoms with van der Waals surface area (Å²) in [6, 6.07) is 0. The lowest BCUT2D eigenvalue weighted by Crippen LogP contribution is -1.32. The zero-order chi connectivity index (χ0) is 3.58. The Morgan fingerprint density at radius 2 is 1.50 bits per heavy atom. The van der Waals surface area contributed by atoms with E-state index in [0.29, 0.717) is 0 Å². The molecule has 0 aliphatic heterocycles. The van der Waals surface area contributed by atoms with Crippen molar-refractivity contribution in [3.05, 3.63) is 0 Å². The monoisotopic (exact) mass is 93.0 g/mol. The van der Waals surface area contributed by atoms with Crippen LogP contribution in [0.3, 0.4) is 0 Å². The van der Waals surface area contributed by atoms with E-state index < -0.39 is 0 Å². The van der Waals surface area contributed by atoms with Gasteiger partial charge in [0.1, 0.15) is 13.3 Å². The molecule has 2 heteroatoms. The molecule has 0 saturated carbocycles. The molecule has 0 bridgehead atoms. The summed E-state index contributed by atoms with van der Waals surface area (Å²) in [5, 5.41) is 0. The maximum Gasteiger partial charge on any atom is 0.168 e. The number of rotatable bonds is 0. The van der Waals surface area contributed by atoms with E-state index in [-0.39, 0.29) is 6.70 Å². The first-order valence-electron chi connectivity index (χ1n) is 1.08. The van der Waals surface area contributed by atoms with Gasteiger partial charge in [-0.05, 0) is 0 Å². The molecular formula is C2H6PS+. The van der Waals surface area contributed by atoms with Gasteiger partial charge in [0.05, 0.1) is 0 Å². The fourth-order valence-corrected chi connectivity index (χ4v) is 0. The van der Waals surface area contributed by atoms with E-state index in [0.717, 1.165) is 0 Å². The predicted octanol–water partition coefficient (Wildman–Crippen LogP) is 1.19. The third kappa shape index (κ3) is 21.5. The molecule has 0 aromatic carbocycles. The van der Waals surface area contributed by atoms with E-state index in [2.05, 4.69) is 11.8 Å². The van der Waals surface area contributed by atoms with Crippen molar-refractivity contribution >= 4 is 18.5 Å². The molecular weight excluding hydrogens is 87.1 g/mol. The van der Waals surface area contributed by atoms with E-state index in [1.807, 2.05) is 13.3 Å². The zero-order valence-electron chi connectivity index (χ0n) is 2.86. The summed E-state index contributed by atoms with van der Waals surface area (Å²) in [5.41, 5.74) is 0. The summed E-state index contributed by atoms with van der Waals surface area (Å²) in [6.45, 7) is 4.06. The molecule has 0 amide bonds. The maximum absolute atomic E-state index is 4.69. The van der Waals surface area contributed by atoms with Gasteiger partial charge in [0, 0.05) is 0 Å². The summed E-state index contributed by atoms with van der Waals surface area (Å²) >= 11 is 4.69. The summed E-state index contributed by atoms with van der Waals surface area (Å²) < 4.78 is 0. The molecule has 0 aromatic rings. The van der Waals surface area contributed by atoms with E-state index in [1.165, 1.54) is 0 Å². The molecule has 0 nitrogen and oxygen atoms in total. The van der Waals surface area contributed by atoms with Crippen molar-refractivity contribution < 1.29 is 0 Å². The summed E-state index contributed by atoms with van der Waals surface area (Å²) in [5.74, 6) is 0. The minimum absolute atomic E-state index is 0.0370. The molecule has 0 heterocycles. The second kappa shape index (κ2) is 1.80. The Kier molecular flexibility index (Phi) is 2.04. The first kappa shape index (κ1) is 4.52. The largest absolute Gasteiger partial charge is 0.168 e. The Morgan fingerprint density at radius 1 is 1.50 bits per heavy atom. The highest BCUT2D eigenvalue weighted by Gasteiger charge is 1.73. The Labute approximate surface area is 32.6 Å². The smallest absolute Gasteiger partial charge is 0.108 e. The van der Waals surface area contributed by atoms with Crippen LogP contribution in [-0.2, 0) is 11.8 Å². The van der Waals surface area contributed by atoms with Crippen molar-refractivity contribution in [1.82, 2.24) is 0 Å². The normalized spacial score (nSPS) is 6.50. The van der Waals surface area contributed by atoms with Crippen LogP contribution in [0.15, 0.2) is 0 Å². The van der Waals surface area contributed by atoms with Crippen LogP contribution in [0, 0.1) is 0 Å². The van der Waals surface area contributed by atoms with E-state index in [4.69, 9.17) is 0 Å². The van der Waals surface area contributed by atoms with Gasteiger partial charge in [0.2, 0.25) is 0 Å². The molecule has 0 aliphatic rings. The third-order valence-corrected chi connectivity index (χ3v) is 0. The van der Waals surface area contributed by atoms with Crippen LogP contribution in [0.1, 0.15) is 0 Å². The summed E-state index contributed by atoms with van der Waals surface area (Å²) in [6.07, 6.45) is 0. The molecule has 0 radical (unpaired) electrons. The molecule has 0 fully saturated rings. The SMILES string of the molecule is C[P+](C)=S. The third-order valence-electron chi connectivity index (χ3n) is 0. The Balaban J connectivity index is 2.80. The maximum atomic E-state index is 4.69. The second-order valence-electron chi connectivity index (χ2n) is 0.812. The molecule has 0 aliphatic carbocycles.